The van der Waals surface area contributed by atoms with Crippen molar-refractivity contribution >= 4 is 19.0 Å². The van der Waals surface area contributed by atoms with Gasteiger partial charge in [0.25, 0.3) is 5.85 Å². The highest BCUT2D eigenvalue weighted by Gasteiger charge is 2.69. The Labute approximate surface area is 172 Å². The van der Waals surface area contributed by atoms with Crippen molar-refractivity contribution in [1.82, 2.24) is 19.5 Å². The lowest BCUT2D eigenvalue weighted by Gasteiger charge is -2.37. The number of fused-ring (bicyclic) bond motifs is 2. The molecule has 0 radical (unpaired) electrons. The minimum absolute atomic E-state index is 0.262. The van der Waals surface area contributed by atoms with Crippen molar-refractivity contribution in [3.8, 4) is 5.88 Å². The highest BCUT2D eigenvalue weighted by atomic mass is 31.2. The zero-order valence-electron chi connectivity index (χ0n) is 17.2. The van der Waals surface area contributed by atoms with Crippen LogP contribution in [0.25, 0.3) is 11.2 Å². The van der Waals surface area contributed by atoms with E-state index in [0.29, 0.717) is 17.9 Å². The quantitative estimate of drug-likeness (QED) is 0.684. The van der Waals surface area contributed by atoms with Crippen LogP contribution in [0, 0.1) is 6.92 Å². The van der Waals surface area contributed by atoms with Crippen molar-refractivity contribution in [3.63, 3.8) is 0 Å². The predicted molar refractivity (Wildman–Crippen MR) is 100 cm³/mol. The fraction of sp³-hybridized carbons (Fsp3) is 0.706. The maximum Gasteiger partial charge on any atom is 0.475 e. The van der Waals surface area contributed by atoms with Crippen molar-refractivity contribution in [2.75, 3.05) is 13.2 Å². The average Bonchev–Trinajstić information content (AvgIpc) is 3.13. The SMILES string of the molecule is CCOc1nc(C)nc2c1ncn2[C@@H]1O[C@]2(F)CO[P@@](=O)(OC(C)C)O[C@H]2[C@@]1(C)O. The Morgan fingerprint density at radius 3 is 2.87 bits per heavy atom. The molecule has 166 valence electrons. The summed E-state index contributed by atoms with van der Waals surface area (Å²) < 4.78 is 56.3. The highest BCUT2D eigenvalue weighted by molar-refractivity contribution is 7.48. The molecule has 0 spiro atoms. The molecule has 30 heavy (non-hydrogen) atoms. The summed E-state index contributed by atoms with van der Waals surface area (Å²) in [6, 6.07) is 0. The van der Waals surface area contributed by atoms with Crippen LogP contribution in [-0.2, 0) is 22.9 Å². The fourth-order valence-electron chi connectivity index (χ4n) is 3.61. The van der Waals surface area contributed by atoms with Crippen LogP contribution < -0.4 is 4.74 Å². The van der Waals surface area contributed by atoms with Crippen molar-refractivity contribution in [2.24, 2.45) is 0 Å². The summed E-state index contributed by atoms with van der Waals surface area (Å²) >= 11 is 0. The second kappa shape index (κ2) is 7.18. The molecule has 13 heteroatoms. The van der Waals surface area contributed by atoms with E-state index in [1.807, 2.05) is 0 Å². The van der Waals surface area contributed by atoms with Crippen LogP contribution in [0.2, 0.25) is 0 Å². The topological polar surface area (TPSA) is 127 Å². The number of halogens is 1. The van der Waals surface area contributed by atoms with Gasteiger partial charge in [0, 0.05) is 0 Å². The Morgan fingerprint density at radius 1 is 1.47 bits per heavy atom. The van der Waals surface area contributed by atoms with Gasteiger partial charge in [-0.25, -0.2) is 18.9 Å². The smallest absolute Gasteiger partial charge is 0.475 e. The van der Waals surface area contributed by atoms with E-state index in [4.69, 9.17) is 23.0 Å². The lowest BCUT2D eigenvalue weighted by atomic mass is 9.95. The van der Waals surface area contributed by atoms with Crippen molar-refractivity contribution in [3.05, 3.63) is 12.2 Å². The number of ether oxygens (including phenoxy) is 2. The van der Waals surface area contributed by atoms with Crippen LogP contribution in [0.4, 0.5) is 4.39 Å². The molecule has 2 aliphatic heterocycles. The third kappa shape index (κ3) is 3.41. The highest BCUT2D eigenvalue weighted by Crippen LogP contribution is 2.62. The van der Waals surface area contributed by atoms with Gasteiger partial charge in [0.05, 0.1) is 19.0 Å². The normalized spacial score (nSPS) is 36.4. The first-order valence-corrected chi connectivity index (χ1v) is 11.0. The maximum absolute atomic E-state index is 15.6. The summed E-state index contributed by atoms with van der Waals surface area (Å²) in [7, 11) is -4.09. The summed E-state index contributed by atoms with van der Waals surface area (Å²) in [5.41, 5.74) is -1.36. The molecule has 5 atom stereocenters. The average molecular weight is 446 g/mol. The Morgan fingerprint density at radius 2 is 2.20 bits per heavy atom. The van der Waals surface area contributed by atoms with Crippen LogP contribution in [-0.4, -0.2) is 61.5 Å². The molecular weight excluding hydrogens is 422 g/mol. The zero-order valence-corrected chi connectivity index (χ0v) is 18.1. The Balaban J connectivity index is 1.74. The molecule has 0 aliphatic carbocycles. The molecule has 4 rings (SSSR count). The molecule has 2 aromatic heterocycles. The summed E-state index contributed by atoms with van der Waals surface area (Å²) in [5, 5.41) is 11.2. The van der Waals surface area contributed by atoms with Gasteiger partial charge in [0.2, 0.25) is 5.88 Å². The minimum atomic E-state index is -4.09. The number of aliphatic hydroxyl groups is 1. The van der Waals surface area contributed by atoms with E-state index in [-0.39, 0.29) is 11.5 Å². The molecule has 11 nitrogen and oxygen atoms in total. The number of phosphoric acid groups is 1. The summed E-state index contributed by atoms with van der Waals surface area (Å²) in [6.45, 7) is 7.67. The maximum atomic E-state index is 15.6. The number of imidazole rings is 1. The molecule has 0 saturated carbocycles. The van der Waals surface area contributed by atoms with E-state index in [1.54, 1.807) is 27.7 Å². The Hall–Kier alpha value is -1.69. The first kappa shape index (κ1) is 21.5. The van der Waals surface area contributed by atoms with Crippen LogP contribution in [0.3, 0.4) is 0 Å². The molecule has 0 aromatic carbocycles. The number of aromatic nitrogens is 4. The van der Waals surface area contributed by atoms with E-state index in [2.05, 4.69) is 15.0 Å². The molecule has 2 aromatic rings. The molecule has 0 amide bonds. The van der Waals surface area contributed by atoms with Crippen molar-refractivity contribution in [1.29, 1.82) is 0 Å². The molecule has 1 N–H and O–H groups in total. The minimum Gasteiger partial charge on any atom is -0.476 e. The molecule has 0 bridgehead atoms. The molecule has 2 saturated heterocycles. The summed E-state index contributed by atoms with van der Waals surface area (Å²) in [5.74, 6) is -1.91. The number of aryl methyl sites for hydroxylation is 1. The molecule has 4 heterocycles. The number of phosphoric ester groups is 1. The molecule has 2 fully saturated rings. The van der Waals surface area contributed by atoms with E-state index < -0.39 is 44.3 Å². The Kier molecular flexibility index (Phi) is 5.16. The van der Waals surface area contributed by atoms with Gasteiger partial charge in [-0.1, -0.05) is 0 Å². The van der Waals surface area contributed by atoms with Crippen LogP contribution in [0.5, 0.6) is 5.88 Å². The number of hydrogen-bond donors (Lipinski definition) is 1. The van der Waals surface area contributed by atoms with Crippen LogP contribution in [0.1, 0.15) is 39.7 Å². The molecule has 0 unspecified atom stereocenters. The Bertz CT molecular complexity index is 1020. The van der Waals surface area contributed by atoms with Gasteiger partial charge in [-0.2, -0.15) is 4.98 Å². The largest absolute Gasteiger partial charge is 0.476 e. The fourth-order valence-corrected chi connectivity index (χ4v) is 5.26. The number of alkyl halides is 1. The number of hydrogen-bond acceptors (Lipinski definition) is 10. The zero-order chi connectivity index (χ0) is 21.9. The van der Waals surface area contributed by atoms with E-state index in [9.17, 15) is 9.67 Å². The molecular formula is C17H24FN4O7P. The first-order chi connectivity index (χ1) is 14.0. The van der Waals surface area contributed by atoms with Crippen molar-refractivity contribution < 1.29 is 37.1 Å². The summed E-state index contributed by atoms with van der Waals surface area (Å²) in [4.78, 5) is 12.8. The van der Waals surface area contributed by atoms with Gasteiger partial charge in [0.15, 0.2) is 23.5 Å². The third-order valence-corrected chi connectivity index (χ3v) is 6.35. The van der Waals surface area contributed by atoms with Gasteiger partial charge in [-0.15, -0.1) is 0 Å². The van der Waals surface area contributed by atoms with Gasteiger partial charge in [-0.05, 0) is 34.6 Å². The third-order valence-electron chi connectivity index (χ3n) is 4.76. The monoisotopic (exact) mass is 446 g/mol. The second-order valence-corrected chi connectivity index (χ2v) is 9.25. The summed E-state index contributed by atoms with van der Waals surface area (Å²) in [6.07, 6.45) is -2.11. The van der Waals surface area contributed by atoms with Crippen molar-refractivity contribution in [2.45, 2.75) is 64.5 Å². The lowest BCUT2D eigenvalue weighted by Crippen LogP contribution is -2.52. The van der Waals surface area contributed by atoms with Gasteiger partial charge in [0.1, 0.15) is 18.0 Å². The predicted octanol–water partition coefficient (Wildman–Crippen LogP) is 2.43. The second-order valence-electron chi connectivity index (χ2n) is 7.68. The van der Waals surface area contributed by atoms with Gasteiger partial charge < -0.3 is 14.6 Å². The van der Waals surface area contributed by atoms with E-state index in [1.165, 1.54) is 17.8 Å². The lowest BCUT2D eigenvalue weighted by molar-refractivity contribution is -0.220. The standard InChI is InChI=1S/C17H24FN4O7P/c1-6-25-13-11-12(20-10(4)21-13)22(8-19-11)15-16(5,23)14-17(18,27-15)7-26-30(24,29-14)28-9(2)3/h8-9,14-15,23H,6-7H2,1-5H3/t14-,15+,16+,17+,30-/m0/s1. The molecule has 2 aliphatic rings. The van der Waals surface area contributed by atoms with Crippen LogP contribution in [0.15, 0.2) is 6.33 Å². The van der Waals surface area contributed by atoms with E-state index >= 15 is 4.39 Å². The van der Waals surface area contributed by atoms with E-state index in [0.717, 1.165) is 0 Å². The number of nitrogens with zero attached hydrogens (tertiary/aromatic N) is 4. The van der Waals surface area contributed by atoms with Crippen LogP contribution >= 0.6 is 7.82 Å². The number of rotatable bonds is 5. The first-order valence-electron chi connectivity index (χ1n) is 9.53. The van der Waals surface area contributed by atoms with Gasteiger partial charge >= 0.3 is 7.82 Å². The van der Waals surface area contributed by atoms with Gasteiger partial charge in [-0.3, -0.25) is 18.1 Å².